The standard InChI is InChI=1S/C15H17FN6O2/c16-10-5-4-6-11(9-10)18-14-12(22(23)24)13(17)19-15(20-14)21-7-2-1-3-8-21/h4-6,9H,1-3,7-8H2,(H3,17,18,19,20). The molecule has 1 saturated heterocycles. The van der Waals surface area contributed by atoms with E-state index in [1.54, 1.807) is 6.07 Å². The minimum Gasteiger partial charge on any atom is -0.378 e. The quantitative estimate of drug-likeness (QED) is 0.654. The number of nitro groups is 1. The van der Waals surface area contributed by atoms with Gasteiger partial charge in [0, 0.05) is 18.8 Å². The minimum absolute atomic E-state index is 0.0429. The Hall–Kier alpha value is -2.97. The lowest BCUT2D eigenvalue weighted by Gasteiger charge is -2.27. The number of nitrogens with two attached hydrogens (primary N) is 1. The average molecular weight is 332 g/mol. The minimum atomic E-state index is -0.642. The molecular formula is C15H17FN6O2. The normalized spacial score (nSPS) is 14.5. The van der Waals surface area contributed by atoms with Crippen molar-refractivity contribution in [2.24, 2.45) is 0 Å². The average Bonchev–Trinajstić information content (AvgIpc) is 2.55. The van der Waals surface area contributed by atoms with E-state index in [9.17, 15) is 14.5 Å². The van der Waals surface area contributed by atoms with Crippen LogP contribution in [0.25, 0.3) is 0 Å². The van der Waals surface area contributed by atoms with Crippen LogP contribution in [0.4, 0.5) is 33.3 Å². The summed E-state index contributed by atoms with van der Waals surface area (Å²) in [6.07, 6.45) is 3.15. The third kappa shape index (κ3) is 3.34. The lowest BCUT2D eigenvalue weighted by Crippen LogP contribution is -2.31. The van der Waals surface area contributed by atoms with Gasteiger partial charge in [0.25, 0.3) is 0 Å². The molecule has 3 N–H and O–H groups in total. The second-order valence-electron chi connectivity index (χ2n) is 5.55. The fourth-order valence-corrected chi connectivity index (χ4v) is 2.67. The van der Waals surface area contributed by atoms with Gasteiger partial charge < -0.3 is 16.0 Å². The molecule has 0 bridgehead atoms. The van der Waals surface area contributed by atoms with Gasteiger partial charge in [0.2, 0.25) is 17.6 Å². The Bertz CT molecular complexity index is 764. The summed E-state index contributed by atoms with van der Waals surface area (Å²) in [6.45, 7) is 1.55. The molecule has 24 heavy (non-hydrogen) atoms. The highest BCUT2D eigenvalue weighted by atomic mass is 19.1. The number of rotatable bonds is 4. The number of hydrogen-bond acceptors (Lipinski definition) is 7. The van der Waals surface area contributed by atoms with Crippen LogP contribution < -0.4 is 16.0 Å². The Labute approximate surface area is 137 Å². The molecule has 3 rings (SSSR count). The maximum atomic E-state index is 13.3. The largest absolute Gasteiger partial charge is 0.378 e. The summed E-state index contributed by atoms with van der Waals surface area (Å²) in [5, 5.41) is 14.1. The van der Waals surface area contributed by atoms with E-state index in [0.717, 1.165) is 32.4 Å². The van der Waals surface area contributed by atoms with Crippen LogP contribution in [0, 0.1) is 15.9 Å². The molecular weight excluding hydrogens is 315 g/mol. The molecule has 1 fully saturated rings. The Morgan fingerprint density at radius 1 is 1.25 bits per heavy atom. The summed E-state index contributed by atoms with van der Waals surface area (Å²) < 4.78 is 13.3. The summed E-state index contributed by atoms with van der Waals surface area (Å²) in [5.74, 6) is -0.370. The van der Waals surface area contributed by atoms with Gasteiger partial charge in [0.15, 0.2) is 0 Å². The number of hydrogen-bond donors (Lipinski definition) is 2. The van der Waals surface area contributed by atoms with Gasteiger partial charge in [-0.25, -0.2) is 4.39 Å². The highest BCUT2D eigenvalue weighted by molar-refractivity contribution is 5.74. The number of benzene rings is 1. The van der Waals surface area contributed by atoms with E-state index in [0.29, 0.717) is 11.6 Å². The Morgan fingerprint density at radius 3 is 2.67 bits per heavy atom. The fourth-order valence-electron chi connectivity index (χ4n) is 2.67. The second-order valence-corrected chi connectivity index (χ2v) is 5.55. The molecule has 0 radical (unpaired) electrons. The third-order valence-electron chi connectivity index (χ3n) is 3.81. The smallest absolute Gasteiger partial charge is 0.353 e. The molecule has 0 unspecified atom stereocenters. The SMILES string of the molecule is Nc1nc(N2CCCCC2)nc(Nc2cccc(F)c2)c1[N+](=O)[O-]. The second kappa shape index (κ2) is 6.65. The van der Waals surface area contributed by atoms with Gasteiger partial charge in [-0.1, -0.05) is 6.07 Å². The van der Waals surface area contributed by atoms with Crippen molar-refractivity contribution in [1.82, 2.24) is 9.97 Å². The van der Waals surface area contributed by atoms with Crippen LogP contribution in [-0.2, 0) is 0 Å². The van der Waals surface area contributed by atoms with Crippen LogP contribution in [0.3, 0.4) is 0 Å². The number of nitrogens with one attached hydrogen (secondary N) is 1. The van der Waals surface area contributed by atoms with Crippen LogP contribution >= 0.6 is 0 Å². The monoisotopic (exact) mass is 332 g/mol. The first-order chi connectivity index (χ1) is 11.5. The first-order valence-corrected chi connectivity index (χ1v) is 7.64. The molecule has 0 saturated carbocycles. The molecule has 8 nitrogen and oxygen atoms in total. The number of nitrogens with zero attached hydrogens (tertiary/aromatic N) is 4. The van der Waals surface area contributed by atoms with E-state index in [-0.39, 0.29) is 11.6 Å². The van der Waals surface area contributed by atoms with Crippen molar-refractivity contribution in [2.75, 3.05) is 29.0 Å². The summed E-state index contributed by atoms with van der Waals surface area (Å²) >= 11 is 0. The summed E-state index contributed by atoms with van der Waals surface area (Å²) in [4.78, 5) is 20.9. The zero-order chi connectivity index (χ0) is 17.1. The third-order valence-corrected chi connectivity index (χ3v) is 3.81. The zero-order valence-corrected chi connectivity index (χ0v) is 12.9. The van der Waals surface area contributed by atoms with Crippen LogP contribution in [0.15, 0.2) is 24.3 Å². The van der Waals surface area contributed by atoms with Crippen LogP contribution in [0.1, 0.15) is 19.3 Å². The van der Waals surface area contributed by atoms with Crippen molar-refractivity contribution in [1.29, 1.82) is 0 Å². The van der Waals surface area contributed by atoms with E-state index < -0.39 is 16.4 Å². The predicted octanol–water partition coefficient (Wildman–Crippen LogP) is 2.84. The van der Waals surface area contributed by atoms with Gasteiger partial charge in [-0.05, 0) is 37.5 Å². The van der Waals surface area contributed by atoms with Gasteiger partial charge in [-0.15, -0.1) is 0 Å². The predicted molar refractivity (Wildman–Crippen MR) is 88.8 cm³/mol. The first-order valence-electron chi connectivity index (χ1n) is 7.64. The van der Waals surface area contributed by atoms with Crippen LogP contribution in [0.2, 0.25) is 0 Å². The molecule has 1 aliphatic rings. The lowest BCUT2D eigenvalue weighted by molar-refractivity contribution is -0.383. The van der Waals surface area contributed by atoms with Gasteiger partial charge in [0.1, 0.15) is 5.82 Å². The highest BCUT2D eigenvalue weighted by Gasteiger charge is 2.25. The van der Waals surface area contributed by atoms with Crippen molar-refractivity contribution in [2.45, 2.75) is 19.3 Å². The first kappa shape index (κ1) is 15.9. The molecule has 1 aromatic heterocycles. The number of piperidine rings is 1. The van der Waals surface area contributed by atoms with Gasteiger partial charge in [-0.3, -0.25) is 10.1 Å². The van der Waals surface area contributed by atoms with Crippen LogP contribution in [-0.4, -0.2) is 28.0 Å². The van der Waals surface area contributed by atoms with E-state index in [1.165, 1.54) is 18.2 Å². The van der Waals surface area contributed by atoms with Gasteiger partial charge >= 0.3 is 5.69 Å². The lowest BCUT2D eigenvalue weighted by atomic mass is 10.1. The zero-order valence-electron chi connectivity index (χ0n) is 12.9. The van der Waals surface area contributed by atoms with E-state index in [2.05, 4.69) is 15.3 Å². The fraction of sp³-hybridized carbons (Fsp3) is 0.333. The highest BCUT2D eigenvalue weighted by Crippen LogP contribution is 2.32. The summed E-state index contributed by atoms with van der Waals surface area (Å²) in [5.41, 5.74) is 5.71. The summed E-state index contributed by atoms with van der Waals surface area (Å²) in [6, 6.07) is 5.60. The number of anilines is 4. The Morgan fingerprint density at radius 2 is 2.00 bits per heavy atom. The molecule has 1 aromatic carbocycles. The van der Waals surface area contributed by atoms with E-state index in [4.69, 9.17) is 5.73 Å². The molecule has 1 aliphatic heterocycles. The molecule has 0 aliphatic carbocycles. The van der Waals surface area contributed by atoms with Crippen molar-refractivity contribution in [3.63, 3.8) is 0 Å². The molecule has 2 heterocycles. The van der Waals surface area contributed by atoms with Crippen molar-refractivity contribution in [3.8, 4) is 0 Å². The number of nitrogen functional groups attached to an aromatic ring is 1. The van der Waals surface area contributed by atoms with Crippen molar-refractivity contribution < 1.29 is 9.31 Å². The Kier molecular flexibility index (Phi) is 4.41. The Balaban J connectivity index is 2.00. The maximum Gasteiger partial charge on any atom is 0.353 e. The molecule has 0 amide bonds. The summed E-state index contributed by atoms with van der Waals surface area (Å²) in [7, 11) is 0. The molecule has 0 atom stereocenters. The number of halogens is 1. The molecule has 9 heteroatoms. The van der Waals surface area contributed by atoms with Crippen molar-refractivity contribution in [3.05, 3.63) is 40.2 Å². The van der Waals surface area contributed by atoms with Gasteiger partial charge in [-0.2, -0.15) is 9.97 Å². The molecule has 126 valence electrons. The maximum absolute atomic E-state index is 13.3. The topological polar surface area (TPSA) is 110 Å². The van der Waals surface area contributed by atoms with E-state index in [1.807, 2.05) is 4.90 Å². The number of aromatic nitrogens is 2. The van der Waals surface area contributed by atoms with E-state index >= 15 is 0 Å². The van der Waals surface area contributed by atoms with Crippen LogP contribution in [0.5, 0.6) is 0 Å². The molecule has 2 aromatic rings. The van der Waals surface area contributed by atoms with Crippen molar-refractivity contribution >= 4 is 29.0 Å². The molecule has 0 spiro atoms. The van der Waals surface area contributed by atoms with Gasteiger partial charge in [0.05, 0.1) is 4.92 Å².